The number of ether oxygens (including phenoxy) is 1. The Morgan fingerprint density at radius 3 is 2.74 bits per heavy atom. The summed E-state index contributed by atoms with van der Waals surface area (Å²) < 4.78 is 5.68. The molecule has 0 atom stereocenters. The molecule has 1 aromatic carbocycles. The highest BCUT2D eigenvalue weighted by atomic mass is 16.5. The number of aromatic nitrogens is 1. The van der Waals surface area contributed by atoms with Crippen molar-refractivity contribution in [1.29, 1.82) is 0 Å². The fourth-order valence-corrected chi connectivity index (χ4v) is 1.84. The first-order chi connectivity index (χ1) is 9.24. The van der Waals surface area contributed by atoms with Crippen molar-refractivity contribution in [3.63, 3.8) is 0 Å². The van der Waals surface area contributed by atoms with Crippen LogP contribution in [0.3, 0.4) is 0 Å². The minimum absolute atomic E-state index is 0.205. The van der Waals surface area contributed by atoms with Crippen LogP contribution in [0.2, 0.25) is 0 Å². The number of rotatable bonds is 6. The lowest BCUT2D eigenvalue weighted by atomic mass is 10.2. The van der Waals surface area contributed by atoms with E-state index in [1.807, 2.05) is 50.4 Å². The highest BCUT2D eigenvalue weighted by Gasteiger charge is 1.99. The molecule has 1 aromatic heterocycles. The zero-order valence-electron chi connectivity index (χ0n) is 11.5. The number of nitrogens with one attached hydrogen (secondary N) is 1. The number of benzene rings is 1. The summed E-state index contributed by atoms with van der Waals surface area (Å²) in [5.41, 5.74) is 2.27. The van der Waals surface area contributed by atoms with Gasteiger partial charge in [0.25, 0.3) is 0 Å². The van der Waals surface area contributed by atoms with Gasteiger partial charge in [0.1, 0.15) is 5.75 Å². The van der Waals surface area contributed by atoms with Gasteiger partial charge in [0.15, 0.2) is 0 Å². The minimum atomic E-state index is 0.205. The van der Waals surface area contributed by atoms with Crippen LogP contribution in [0.25, 0.3) is 0 Å². The van der Waals surface area contributed by atoms with E-state index in [4.69, 9.17) is 4.74 Å². The number of hydrogen-bond donors (Lipinski definition) is 1. The quantitative estimate of drug-likeness (QED) is 0.862. The van der Waals surface area contributed by atoms with E-state index >= 15 is 0 Å². The maximum Gasteiger partial charge on any atom is 0.120 e. The predicted octanol–water partition coefficient (Wildman–Crippen LogP) is 3.16. The van der Waals surface area contributed by atoms with Gasteiger partial charge in [0, 0.05) is 19.3 Å². The molecule has 0 saturated heterocycles. The first-order valence-corrected chi connectivity index (χ1v) is 6.60. The maximum absolute atomic E-state index is 5.68. The Labute approximate surface area is 114 Å². The molecular formula is C16H20N2O. The van der Waals surface area contributed by atoms with Gasteiger partial charge in [0.05, 0.1) is 11.8 Å². The van der Waals surface area contributed by atoms with Crippen LogP contribution in [0, 0.1) is 0 Å². The van der Waals surface area contributed by atoms with Crippen molar-refractivity contribution < 1.29 is 4.74 Å². The van der Waals surface area contributed by atoms with Crippen LogP contribution in [0.4, 0.5) is 0 Å². The lowest BCUT2D eigenvalue weighted by Crippen LogP contribution is -2.13. The van der Waals surface area contributed by atoms with Crippen LogP contribution < -0.4 is 10.1 Å². The summed E-state index contributed by atoms with van der Waals surface area (Å²) in [6, 6.07) is 14.1. The number of nitrogens with zero attached hydrogens (tertiary/aromatic N) is 1. The monoisotopic (exact) mass is 256 g/mol. The third kappa shape index (κ3) is 4.72. The lowest BCUT2D eigenvalue weighted by Gasteiger charge is -2.11. The average Bonchev–Trinajstić information content (AvgIpc) is 2.40. The Kier molecular flexibility index (Phi) is 4.93. The molecule has 0 fully saturated rings. The Balaban J connectivity index is 1.86. The SMILES string of the molecule is CC(C)Oc1cccc(CNCc2ccccn2)c1. The largest absolute Gasteiger partial charge is 0.491 e. The van der Waals surface area contributed by atoms with E-state index in [1.54, 1.807) is 0 Å². The number of hydrogen-bond acceptors (Lipinski definition) is 3. The summed E-state index contributed by atoms with van der Waals surface area (Å²) in [6.07, 6.45) is 2.02. The first-order valence-electron chi connectivity index (χ1n) is 6.60. The molecule has 0 aliphatic rings. The van der Waals surface area contributed by atoms with E-state index in [1.165, 1.54) is 5.56 Å². The smallest absolute Gasteiger partial charge is 0.120 e. The second kappa shape index (κ2) is 6.90. The lowest BCUT2D eigenvalue weighted by molar-refractivity contribution is 0.242. The molecule has 0 aliphatic heterocycles. The summed E-state index contributed by atoms with van der Waals surface area (Å²) in [4.78, 5) is 4.28. The van der Waals surface area contributed by atoms with Crippen LogP contribution in [-0.4, -0.2) is 11.1 Å². The van der Waals surface area contributed by atoms with Crippen molar-refractivity contribution in [2.45, 2.75) is 33.0 Å². The zero-order valence-corrected chi connectivity index (χ0v) is 11.5. The first kappa shape index (κ1) is 13.6. The average molecular weight is 256 g/mol. The van der Waals surface area contributed by atoms with Gasteiger partial charge in [-0.25, -0.2) is 0 Å². The standard InChI is InChI=1S/C16H20N2O/c1-13(2)19-16-8-5-6-14(10-16)11-17-12-15-7-3-4-9-18-15/h3-10,13,17H,11-12H2,1-2H3. The van der Waals surface area contributed by atoms with Crippen LogP contribution in [0.5, 0.6) is 5.75 Å². The van der Waals surface area contributed by atoms with Crippen LogP contribution in [-0.2, 0) is 13.1 Å². The van der Waals surface area contributed by atoms with Crippen LogP contribution in [0.1, 0.15) is 25.1 Å². The van der Waals surface area contributed by atoms with Crippen molar-refractivity contribution in [2.75, 3.05) is 0 Å². The van der Waals surface area contributed by atoms with E-state index in [-0.39, 0.29) is 6.10 Å². The Bertz CT molecular complexity index is 497. The fourth-order valence-electron chi connectivity index (χ4n) is 1.84. The Morgan fingerprint density at radius 1 is 1.11 bits per heavy atom. The van der Waals surface area contributed by atoms with E-state index in [2.05, 4.69) is 22.4 Å². The number of pyridine rings is 1. The molecule has 0 spiro atoms. The summed E-state index contributed by atoms with van der Waals surface area (Å²) in [5.74, 6) is 0.923. The van der Waals surface area contributed by atoms with Crippen molar-refractivity contribution in [1.82, 2.24) is 10.3 Å². The molecule has 19 heavy (non-hydrogen) atoms. The molecule has 1 heterocycles. The minimum Gasteiger partial charge on any atom is -0.491 e. The van der Waals surface area contributed by atoms with E-state index in [9.17, 15) is 0 Å². The Hall–Kier alpha value is -1.87. The molecule has 0 saturated carbocycles. The molecule has 3 nitrogen and oxygen atoms in total. The van der Waals surface area contributed by atoms with Crippen molar-refractivity contribution >= 4 is 0 Å². The predicted molar refractivity (Wildman–Crippen MR) is 77.0 cm³/mol. The van der Waals surface area contributed by atoms with E-state index in [0.717, 1.165) is 24.5 Å². The van der Waals surface area contributed by atoms with Crippen LogP contribution >= 0.6 is 0 Å². The molecule has 0 unspecified atom stereocenters. The molecule has 0 bridgehead atoms. The van der Waals surface area contributed by atoms with E-state index in [0.29, 0.717) is 0 Å². The summed E-state index contributed by atoms with van der Waals surface area (Å²) >= 11 is 0. The normalized spacial score (nSPS) is 10.7. The topological polar surface area (TPSA) is 34.1 Å². The summed E-state index contributed by atoms with van der Waals surface area (Å²) in [5, 5.41) is 3.38. The molecule has 100 valence electrons. The van der Waals surface area contributed by atoms with Gasteiger partial charge in [-0.15, -0.1) is 0 Å². The molecule has 0 radical (unpaired) electrons. The van der Waals surface area contributed by atoms with Crippen molar-refractivity contribution in [3.8, 4) is 5.75 Å². The second-order valence-corrected chi connectivity index (χ2v) is 4.74. The van der Waals surface area contributed by atoms with Gasteiger partial charge in [-0.2, -0.15) is 0 Å². The van der Waals surface area contributed by atoms with E-state index < -0.39 is 0 Å². The summed E-state index contributed by atoms with van der Waals surface area (Å²) in [6.45, 7) is 5.65. The molecule has 3 heteroatoms. The van der Waals surface area contributed by atoms with Gasteiger partial charge in [-0.1, -0.05) is 18.2 Å². The molecule has 2 aromatic rings. The highest BCUT2D eigenvalue weighted by molar-refractivity contribution is 5.28. The van der Waals surface area contributed by atoms with Gasteiger partial charge in [-0.3, -0.25) is 4.98 Å². The second-order valence-electron chi connectivity index (χ2n) is 4.74. The molecule has 0 amide bonds. The van der Waals surface area contributed by atoms with Crippen molar-refractivity contribution in [3.05, 3.63) is 59.9 Å². The zero-order chi connectivity index (χ0) is 13.5. The maximum atomic E-state index is 5.68. The fraction of sp³-hybridized carbons (Fsp3) is 0.312. The Morgan fingerprint density at radius 2 is 2.00 bits per heavy atom. The highest BCUT2D eigenvalue weighted by Crippen LogP contribution is 2.14. The van der Waals surface area contributed by atoms with Gasteiger partial charge in [0.2, 0.25) is 0 Å². The van der Waals surface area contributed by atoms with Gasteiger partial charge in [-0.05, 0) is 43.7 Å². The van der Waals surface area contributed by atoms with Crippen LogP contribution in [0.15, 0.2) is 48.7 Å². The van der Waals surface area contributed by atoms with Gasteiger partial charge < -0.3 is 10.1 Å². The third-order valence-corrected chi connectivity index (χ3v) is 2.63. The van der Waals surface area contributed by atoms with Gasteiger partial charge >= 0.3 is 0 Å². The van der Waals surface area contributed by atoms with Crippen molar-refractivity contribution in [2.24, 2.45) is 0 Å². The molecule has 2 rings (SSSR count). The molecular weight excluding hydrogens is 236 g/mol. The molecule has 0 aliphatic carbocycles. The summed E-state index contributed by atoms with van der Waals surface area (Å²) in [7, 11) is 0. The third-order valence-electron chi connectivity index (χ3n) is 2.63. The molecule has 1 N–H and O–H groups in total.